The molecule has 20 heavy (non-hydrogen) atoms. The molecule has 102 valence electrons. The molecule has 0 saturated carbocycles. The van der Waals surface area contributed by atoms with Crippen molar-refractivity contribution in [1.82, 2.24) is 10.1 Å². The topological polar surface area (TPSA) is 78.1 Å². The number of aromatic nitrogens is 2. The van der Waals surface area contributed by atoms with Gasteiger partial charge < -0.3 is 14.7 Å². The lowest BCUT2D eigenvalue weighted by Gasteiger charge is -2.02. The summed E-state index contributed by atoms with van der Waals surface area (Å²) in [6, 6.07) is 8.87. The van der Waals surface area contributed by atoms with Crippen LogP contribution in [0.2, 0.25) is 5.02 Å². The number of hydrogen-bond donors (Lipinski definition) is 1. The largest absolute Gasteiger partial charge is 0.459 e. The molecule has 0 amide bonds. The molecule has 7 heteroatoms. The Kier molecular flexibility index (Phi) is 3.66. The standard InChI is InChI=1S/C13H10ClN3O2S/c14-9-4-3-8(15)6-11(9)20-7-12-16-13(19-17-12)10-2-1-5-18-10/h1-6H,7,15H2. The van der Waals surface area contributed by atoms with Crippen molar-refractivity contribution >= 4 is 29.1 Å². The van der Waals surface area contributed by atoms with Crippen LogP contribution in [0, 0.1) is 0 Å². The molecule has 0 fully saturated rings. The van der Waals surface area contributed by atoms with Gasteiger partial charge in [0, 0.05) is 10.6 Å². The van der Waals surface area contributed by atoms with Crippen LogP contribution in [0.1, 0.15) is 5.82 Å². The Hall–Kier alpha value is -1.92. The predicted octanol–water partition coefficient (Wildman–Crippen LogP) is 3.86. The van der Waals surface area contributed by atoms with Gasteiger partial charge in [-0.2, -0.15) is 4.98 Å². The highest BCUT2D eigenvalue weighted by Crippen LogP contribution is 2.31. The van der Waals surface area contributed by atoms with Crippen LogP contribution in [0.3, 0.4) is 0 Å². The van der Waals surface area contributed by atoms with Crippen molar-refractivity contribution < 1.29 is 8.94 Å². The molecule has 0 spiro atoms. The Morgan fingerprint density at radius 3 is 3.00 bits per heavy atom. The second-order valence-electron chi connectivity index (χ2n) is 3.97. The molecule has 0 saturated heterocycles. The maximum atomic E-state index is 6.09. The molecule has 0 bridgehead atoms. The van der Waals surface area contributed by atoms with E-state index in [0.717, 1.165) is 4.90 Å². The van der Waals surface area contributed by atoms with Gasteiger partial charge in [-0.3, -0.25) is 0 Å². The molecule has 0 radical (unpaired) electrons. The SMILES string of the molecule is Nc1ccc(Cl)c(SCc2noc(-c3ccco3)n2)c1. The first-order chi connectivity index (χ1) is 9.72. The highest BCUT2D eigenvalue weighted by atomic mass is 35.5. The van der Waals surface area contributed by atoms with E-state index >= 15 is 0 Å². The summed E-state index contributed by atoms with van der Waals surface area (Å²) in [6.07, 6.45) is 1.56. The summed E-state index contributed by atoms with van der Waals surface area (Å²) in [7, 11) is 0. The van der Waals surface area contributed by atoms with Crippen molar-refractivity contribution in [2.75, 3.05) is 5.73 Å². The summed E-state index contributed by atoms with van der Waals surface area (Å²) in [5.74, 6) is 2.02. The van der Waals surface area contributed by atoms with Gasteiger partial charge in [-0.05, 0) is 30.3 Å². The Balaban J connectivity index is 1.71. The minimum Gasteiger partial charge on any atom is -0.459 e. The second kappa shape index (κ2) is 5.60. The zero-order chi connectivity index (χ0) is 13.9. The van der Waals surface area contributed by atoms with Crippen LogP contribution in [0.15, 0.2) is 50.4 Å². The van der Waals surface area contributed by atoms with Crippen LogP contribution in [-0.2, 0) is 5.75 Å². The Morgan fingerprint density at radius 2 is 2.20 bits per heavy atom. The van der Waals surface area contributed by atoms with Gasteiger partial charge in [-0.25, -0.2) is 0 Å². The van der Waals surface area contributed by atoms with Crippen molar-refractivity contribution in [2.24, 2.45) is 0 Å². The molecule has 2 heterocycles. The van der Waals surface area contributed by atoms with E-state index in [1.807, 2.05) is 6.07 Å². The van der Waals surface area contributed by atoms with Crippen molar-refractivity contribution in [3.05, 3.63) is 47.4 Å². The summed E-state index contributed by atoms with van der Waals surface area (Å²) in [6.45, 7) is 0. The zero-order valence-corrected chi connectivity index (χ0v) is 11.8. The number of rotatable bonds is 4. The first-order valence-electron chi connectivity index (χ1n) is 5.76. The molecule has 0 atom stereocenters. The molecule has 2 N–H and O–H groups in total. The van der Waals surface area contributed by atoms with Gasteiger partial charge in [-0.15, -0.1) is 11.8 Å². The molecule has 0 unspecified atom stereocenters. The average Bonchev–Trinajstić information content (AvgIpc) is 3.09. The van der Waals surface area contributed by atoms with Crippen LogP contribution < -0.4 is 5.73 Å². The first kappa shape index (κ1) is 13.1. The number of nitrogens with zero attached hydrogens (tertiary/aromatic N) is 2. The van der Waals surface area contributed by atoms with Crippen LogP contribution in [-0.4, -0.2) is 10.1 Å². The molecule has 5 nitrogen and oxygen atoms in total. The molecular formula is C13H10ClN3O2S. The average molecular weight is 308 g/mol. The lowest BCUT2D eigenvalue weighted by atomic mass is 10.3. The highest BCUT2D eigenvalue weighted by molar-refractivity contribution is 7.98. The fraction of sp³-hybridized carbons (Fsp3) is 0.0769. The number of anilines is 1. The normalized spacial score (nSPS) is 10.8. The summed E-state index contributed by atoms with van der Waals surface area (Å²) in [5, 5.41) is 4.55. The summed E-state index contributed by atoms with van der Waals surface area (Å²) in [5.41, 5.74) is 6.40. The molecular weight excluding hydrogens is 298 g/mol. The monoisotopic (exact) mass is 307 g/mol. The number of hydrogen-bond acceptors (Lipinski definition) is 6. The summed E-state index contributed by atoms with van der Waals surface area (Å²) < 4.78 is 10.3. The summed E-state index contributed by atoms with van der Waals surface area (Å²) >= 11 is 7.59. The third kappa shape index (κ3) is 2.81. The molecule has 0 aliphatic heterocycles. The molecule has 2 aromatic heterocycles. The number of thioether (sulfide) groups is 1. The fourth-order valence-electron chi connectivity index (χ4n) is 1.59. The van der Waals surface area contributed by atoms with Crippen LogP contribution in [0.5, 0.6) is 0 Å². The smallest absolute Gasteiger partial charge is 0.293 e. The Morgan fingerprint density at radius 1 is 1.30 bits per heavy atom. The lowest BCUT2D eigenvalue weighted by Crippen LogP contribution is -1.87. The first-order valence-corrected chi connectivity index (χ1v) is 7.13. The molecule has 3 aromatic rings. The van der Waals surface area contributed by atoms with Gasteiger partial charge in [0.15, 0.2) is 11.6 Å². The van der Waals surface area contributed by atoms with Crippen molar-refractivity contribution in [1.29, 1.82) is 0 Å². The number of halogens is 1. The van der Waals surface area contributed by atoms with E-state index in [4.69, 9.17) is 26.3 Å². The quantitative estimate of drug-likeness (QED) is 0.582. The third-order valence-corrected chi connectivity index (χ3v) is 4.01. The van der Waals surface area contributed by atoms with E-state index in [1.54, 1.807) is 30.5 Å². The number of nitrogen functional groups attached to an aromatic ring is 1. The zero-order valence-electron chi connectivity index (χ0n) is 10.2. The second-order valence-corrected chi connectivity index (χ2v) is 5.40. The number of furan rings is 1. The summed E-state index contributed by atoms with van der Waals surface area (Å²) in [4.78, 5) is 5.14. The lowest BCUT2D eigenvalue weighted by molar-refractivity contribution is 0.411. The van der Waals surface area contributed by atoms with E-state index in [0.29, 0.717) is 33.9 Å². The van der Waals surface area contributed by atoms with Gasteiger partial charge in [0.1, 0.15) is 0 Å². The maximum Gasteiger partial charge on any atom is 0.293 e. The van der Waals surface area contributed by atoms with E-state index in [2.05, 4.69) is 10.1 Å². The van der Waals surface area contributed by atoms with Crippen molar-refractivity contribution in [2.45, 2.75) is 10.6 Å². The van der Waals surface area contributed by atoms with Crippen molar-refractivity contribution in [3.8, 4) is 11.7 Å². The minimum absolute atomic E-state index is 0.365. The van der Waals surface area contributed by atoms with Gasteiger partial charge in [0.25, 0.3) is 5.89 Å². The fourth-order valence-corrected chi connectivity index (χ4v) is 2.69. The highest BCUT2D eigenvalue weighted by Gasteiger charge is 2.12. The number of nitrogens with two attached hydrogens (primary N) is 1. The molecule has 0 aliphatic rings. The van der Waals surface area contributed by atoms with Crippen LogP contribution >= 0.6 is 23.4 Å². The van der Waals surface area contributed by atoms with Gasteiger partial charge >= 0.3 is 0 Å². The Bertz CT molecular complexity index is 712. The molecule has 1 aromatic carbocycles. The van der Waals surface area contributed by atoms with Gasteiger partial charge in [0.05, 0.1) is 17.0 Å². The van der Waals surface area contributed by atoms with E-state index in [9.17, 15) is 0 Å². The Labute approximate surface area is 124 Å². The number of benzene rings is 1. The maximum absolute atomic E-state index is 6.09. The predicted molar refractivity (Wildman–Crippen MR) is 77.4 cm³/mol. The minimum atomic E-state index is 0.365. The van der Waals surface area contributed by atoms with Gasteiger partial charge in [-0.1, -0.05) is 16.8 Å². The van der Waals surface area contributed by atoms with Crippen LogP contribution in [0.4, 0.5) is 5.69 Å². The van der Waals surface area contributed by atoms with E-state index in [1.165, 1.54) is 11.8 Å². The van der Waals surface area contributed by atoms with Crippen LogP contribution in [0.25, 0.3) is 11.7 Å². The molecule has 0 aliphatic carbocycles. The van der Waals surface area contributed by atoms with Gasteiger partial charge in [0.2, 0.25) is 0 Å². The van der Waals surface area contributed by atoms with E-state index in [-0.39, 0.29) is 0 Å². The van der Waals surface area contributed by atoms with E-state index < -0.39 is 0 Å². The van der Waals surface area contributed by atoms with Crippen molar-refractivity contribution in [3.63, 3.8) is 0 Å². The molecule has 3 rings (SSSR count). The third-order valence-electron chi connectivity index (χ3n) is 2.51.